The molecular weight excluding hydrogens is 894 g/mol. The van der Waals surface area contributed by atoms with Gasteiger partial charge in [0, 0.05) is 50.5 Å². The van der Waals surface area contributed by atoms with E-state index in [-0.39, 0.29) is 39.5 Å². The molecule has 14 rings (SSSR count). The number of benzene rings is 8. The lowest BCUT2D eigenvalue weighted by atomic mass is 9.33. The Balaban J connectivity index is 1.15. The Hall–Kier alpha value is -6.78. The van der Waals surface area contributed by atoms with E-state index < -0.39 is 0 Å². The molecule has 3 nitrogen and oxygen atoms in total. The summed E-state index contributed by atoms with van der Waals surface area (Å²) in [6.45, 7) is 24.6. The third-order valence-electron chi connectivity index (χ3n) is 20.1. The van der Waals surface area contributed by atoms with Gasteiger partial charge in [0.15, 0.2) is 0 Å². The minimum Gasteiger partial charge on any atom is -0.335 e. The number of hydrogen-bond donors (Lipinski definition) is 0. The monoisotopic (exact) mass is 964 g/mol. The van der Waals surface area contributed by atoms with E-state index in [1.807, 2.05) is 0 Å². The van der Waals surface area contributed by atoms with Crippen LogP contribution in [0.1, 0.15) is 135 Å². The molecule has 4 atom stereocenters. The standard InChI is InChI=1S/C70H70BN3/c1-65(2,3)49-32-34-58(52(41-49)46-25-15-12-16-26-46)72-60-42-50(66(4,5)6)31-33-56(60)71-57-40-48(45-23-13-11-14-24-45)39-55-64(57)74(69(9)37-22-21-36-67(55,69)7)62-44-51(43-61(72)63(62)71)73-59-30-20-19-29-54(59)68(8)38-35-47-27-17-18-28-53(47)70(68,73)10/h11-20,23-34,39-44H,21-22,35-38H2,1-10H3. The summed E-state index contributed by atoms with van der Waals surface area (Å²) >= 11 is 0. The third kappa shape index (κ3) is 5.97. The molecule has 74 heavy (non-hydrogen) atoms. The lowest BCUT2D eigenvalue weighted by Gasteiger charge is -2.54. The lowest BCUT2D eigenvalue weighted by Crippen LogP contribution is -2.64. The van der Waals surface area contributed by atoms with Crippen LogP contribution in [0.25, 0.3) is 22.3 Å². The van der Waals surface area contributed by atoms with Gasteiger partial charge in [-0.15, -0.1) is 0 Å². The summed E-state index contributed by atoms with van der Waals surface area (Å²) in [6.07, 6.45) is 6.94. The fraction of sp³-hybridized carbons (Fsp3) is 0.314. The van der Waals surface area contributed by atoms with Crippen LogP contribution in [0.3, 0.4) is 0 Å². The van der Waals surface area contributed by atoms with Crippen LogP contribution in [0.5, 0.6) is 0 Å². The molecule has 6 aliphatic rings. The number of anilines is 7. The quantitative estimate of drug-likeness (QED) is 0.163. The molecule has 4 heterocycles. The highest BCUT2D eigenvalue weighted by molar-refractivity contribution is 7.00. The van der Waals surface area contributed by atoms with Crippen molar-refractivity contribution in [1.82, 2.24) is 0 Å². The summed E-state index contributed by atoms with van der Waals surface area (Å²) in [4.78, 5) is 8.50. The van der Waals surface area contributed by atoms with Crippen molar-refractivity contribution in [1.29, 1.82) is 0 Å². The van der Waals surface area contributed by atoms with Crippen LogP contribution in [0.4, 0.5) is 39.8 Å². The van der Waals surface area contributed by atoms with Gasteiger partial charge in [-0.3, -0.25) is 0 Å². The molecule has 2 aliphatic carbocycles. The fourth-order valence-corrected chi connectivity index (χ4v) is 15.7. The molecular formula is C70H70BN3. The van der Waals surface area contributed by atoms with Gasteiger partial charge in [-0.25, -0.2) is 0 Å². The van der Waals surface area contributed by atoms with Crippen LogP contribution in [-0.2, 0) is 33.6 Å². The molecule has 8 aromatic carbocycles. The predicted molar refractivity (Wildman–Crippen MR) is 315 cm³/mol. The SMILES string of the molecule is CC(C)(C)c1ccc(N2c3cc(C(C)(C)C)ccc3B3c4cc(-c5ccccc5)cc5c4N(c4cc(N6c7ccccc7C7(C)CCc8ccccc8C67C)cc2c43)C2(C)CCCCC52C)c(-c2ccccc2)c1. The summed E-state index contributed by atoms with van der Waals surface area (Å²) in [5.41, 5.74) is 26.3. The first-order chi connectivity index (χ1) is 35.5. The molecule has 4 aliphatic heterocycles. The van der Waals surface area contributed by atoms with Crippen LogP contribution in [0, 0.1) is 0 Å². The Morgan fingerprint density at radius 2 is 1.08 bits per heavy atom. The molecule has 4 unspecified atom stereocenters. The van der Waals surface area contributed by atoms with Gasteiger partial charge in [0.1, 0.15) is 0 Å². The highest BCUT2D eigenvalue weighted by atomic mass is 15.3. The Kier molecular flexibility index (Phi) is 9.54. The summed E-state index contributed by atoms with van der Waals surface area (Å²) in [5.74, 6) is 0. The maximum Gasteiger partial charge on any atom is 0.252 e. The largest absolute Gasteiger partial charge is 0.335 e. The van der Waals surface area contributed by atoms with Crippen molar-refractivity contribution in [2.45, 2.75) is 141 Å². The van der Waals surface area contributed by atoms with Crippen molar-refractivity contribution in [3.63, 3.8) is 0 Å². The van der Waals surface area contributed by atoms with Gasteiger partial charge in [-0.1, -0.05) is 196 Å². The van der Waals surface area contributed by atoms with E-state index in [1.165, 1.54) is 131 Å². The van der Waals surface area contributed by atoms with Gasteiger partial charge in [-0.05, 0) is 159 Å². The first kappa shape index (κ1) is 45.8. The summed E-state index contributed by atoms with van der Waals surface area (Å²) in [5, 5.41) is 0. The zero-order chi connectivity index (χ0) is 50.9. The average Bonchev–Trinajstić information content (AvgIpc) is 3.90. The summed E-state index contributed by atoms with van der Waals surface area (Å²) in [6, 6.07) is 66.8. The van der Waals surface area contributed by atoms with Crippen LogP contribution in [0.15, 0.2) is 170 Å². The van der Waals surface area contributed by atoms with Gasteiger partial charge >= 0.3 is 0 Å². The van der Waals surface area contributed by atoms with Crippen LogP contribution in [-0.4, -0.2) is 12.3 Å². The second kappa shape index (κ2) is 15.4. The maximum atomic E-state index is 2.94. The molecule has 0 radical (unpaired) electrons. The normalized spacial score (nSPS) is 23.9. The van der Waals surface area contributed by atoms with Crippen molar-refractivity contribution in [2.24, 2.45) is 0 Å². The summed E-state index contributed by atoms with van der Waals surface area (Å²) < 4.78 is 0. The number of aryl methyl sites for hydroxylation is 1. The lowest BCUT2D eigenvalue weighted by molar-refractivity contribution is 0.195. The van der Waals surface area contributed by atoms with E-state index in [0.717, 1.165) is 19.3 Å². The number of rotatable bonds is 4. The van der Waals surface area contributed by atoms with Gasteiger partial charge in [0.25, 0.3) is 6.71 Å². The van der Waals surface area contributed by atoms with E-state index in [1.54, 1.807) is 0 Å². The molecule has 0 aromatic heterocycles. The Morgan fingerprint density at radius 3 is 1.82 bits per heavy atom. The molecule has 0 bridgehead atoms. The number of nitrogens with zero attached hydrogens (tertiary/aromatic N) is 3. The fourth-order valence-electron chi connectivity index (χ4n) is 15.7. The highest BCUT2D eigenvalue weighted by Gasteiger charge is 2.63. The molecule has 0 amide bonds. The van der Waals surface area contributed by atoms with Crippen molar-refractivity contribution in [2.75, 3.05) is 14.7 Å². The van der Waals surface area contributed by atoms with Crippen LogP contribution in [0.2, 0.25) is 0 Å². The zero-order valence-electron chi connectivity index (χ0n) is 45.3. The zero-order valence-corrected chi connectivity index (χ0v) is 45.3. The molecule has 0 N–H and O–H groups in total. The molecule has 8 aromatic rings. The number of para-hydroxylation sites is 1. The minimum absolute atomic E-state index is 0.00600. The first-order valence-electron chi connectivity index (χ1n) is 27.8. The van der Waals surface area contributed by atoms with E-state index in [0.29, 0.717) is 0 Å². The third-order valence-corrected chi connectivity index (χ3v) is 20.1. The van der Waals surface area contributed by atoms with E-state index in [4.69, 9.17) is 0 Å². The Morgan fingerprint density at radius 1 is 0.446 bits per heavy atom. The average molecular weight is 964 g/mol. The Labute approximate surface area is 441 Å². The van der Waals surface area contributed by atoms with Crippen LogP contribution < -0.4 is 31.1 Å². The van der Waals surface area contributed by atoms with Crippen molar-refractivity contribution < 1.29 is 0 Å². The number of hydrogen-bond acceptors (Lipinski definition) is 3. The van der Waals surface area contributed by atoms with Gasteiger partial charge in [0.05, 0.1) is 16.8 Å². The number of fused-ring (bicyclic) bond motifs is 12. The first-order valence-corrected chi connectivity index (χ1v) is 27.8. The van der Waals surface area contributed by atoms with Gasteiger partial charge in [0.2, 0.25) is 0 Å². The molecule has 4 heteroatoms. The second-order valence-electron chi connectivity index (χ2n) is 25.9. The second-order valence-corrected chi connectivity index (χ2v) is 25.9. The van der Waals surface area contributed by atoms with E-state index in [9.17, 15) is 0 Å². The Bertz CT molecular complexity index is 3640. The maximum absolute atomic E-state index is 2.94. The molecule has 0 spiro atoms. The van der Waals surface area contributed by atoms with Crippen molar-refractivity contribution in [3.8, 4) is 22.3 Å². The molecule has 368 valence electrons. The van der Waals surface area contributed by atoms with Crippen molar-refractivity contribution >= 4 is 62.9 Å². The predicted octanol–water partition coefficient (Wildman–Crippen LogP) is 16.2. The molecule has 0 saturated heterocycles. The van der Waals surface area contributed by atoms with E-state index >= 15 is 0 Å². The minimum atomic E-state index is -0.358. The smallest absolute Gasteiger partial charge is 0.252 e. The van der Waals surface area contributed by atoms with Crippen molar-refractivity contribution in [3.05, 3.63) is 203 Å². The summed E-state index contributed by atoms with van der Waals surface area (Å²) in [7, 11) is 0. The molecule has 1 fully saturated rings. The van der Waals surface area contributed by atoms with Gasteiger partial charge in [-0.2, -0.15) is 0 Å². The van der Waals surface area contributed by atoms with Gasteiger partial charge < -0.3 is 14.7 Å². The highest BCUT2D eigenvalue weighted by Crippen LogP contribution is 2.66. The topological polar surface area (TPSA) is 9.72 Å². The van der Waals surface area contributed by atoms with E-state index in [2.05, 4.69) is 254 Å². The van der Waals surface area contributed by atoms with Crippen LogP contribution >= 0.6 is 0 Å². The molecule has 1 saturated carbocycles.